The number of carbonyl (C=O) groups excluding carboxylic acids is 1. The van der Waals surface area contributed by atoms with Crippen molar-refractivity contribution in [3.8, 4) is 11.8 Å². The zero-order chi connectivity index (χ0) is 12.8. The summed E-state index contributed by atoms with van der Waals surface area (Å²) >= 11 is 1.32. The molecule has 0 bridgehead atoms. The van der Waals surface area contributed by atoms with E-state index in [9.17, 15) is 4.79 Å². The highest BCUT2D eigenvalue weighted by Crippen LogP contribution is 2.15. The second-order valence-corrected chi connectivity index (χ2v) is 4.30. The molecule has 0 saturated carbocycles. The van der Waals surface area contributed by atoms with Crippen molar-refractivity contribution in [1.82, 2.24) is 5.32 Å². The van der Waals surface area contributed by atoms with Crippen LogP contribution in [0.3, 0.4) is 0 Å². The highest BCUT2D eigenvalue weighted by Gasteiger charge is 2.11. The Labute approximate surface area is 108 Å². The molecule has 2 N–H and O–H groups in total. The number of hydrogen-bond acceptors (Lipinski definition) is 4. The Bertz CT molecular complexity index is 575. The molecule has 0 aliphatic carbocycles. The molecule has 5 heteroatoms. The van der Waals surface area contributed by atoms with Gasteiger partial charge in [0.05, 0.1) is 12.8 Å². The van der Waals surface area contributed by atoms with Crippen LogP contribution in [0.25, 0.3) is 0 Å². The van der Waals surface area contributed by atoms with E-state index >= 15 is 0 Å². The van der Waals surface area contributed by atoms with Crippen LogP contribution in [0.5, 0.6) is 0 Å². The maximum atomic E-state index is 11.9. The molecule has 4 nitrogen and oxygen atoms in total. The van der Waals surface area contributed by atoms with E-state index in [1.807, 2.05) is 0 Å². The Morgan fingerprint density at radius 3 is 3.11 bits per heavy atom. The third-order valence-corrected chi connectivity index (χ3v) is 3.09. The number of carbonyl (C=O) groups is 1. The number of nitrogens with one attached hydrogen (secondary N) is 1. The molecule has 1 amide bonds. The molecule has 92 valence electrons. The summed E-state index contributed by atoms with van der Waals surface area (Å²) in [4.78, 5) is 12.5. The fourth-order valence-electron chi connectivity index (χ4n) is 1.38. The number of thiophene rings is 1. The molecule has 0 aliphatic heterocycles. The van der Waals surface area contributed by atoms with Crippen molar-refractivity contribution in [2.45, 2.75) is 6.54 Å². The number of aliphatic hydroxyl groups is 1. The van der Waals surface area contributed by atoms with Crippen LogP contribution in [0.15, 0.2) is 34.3 Å². The minimum atomic E-state index is -0.219. The summed E-state index contributed by atoms with van der Waals surface area (Å²) in [5.74, 6) is 5.78. The maximum absolute atomic E-state index is 11.9. The molecule has 0 fully saturated rings. The van der Waals surface area contributed by atoms with E-state index in [4.69, 9.17) is 9.52 Å². The monoisotopic (exact) mass is 261 g/mol. The SMILES string of the molecule is O=C(NCc1ccco1)c1sccc1C#CCO. The number of hydrogen-bond donors (Lipinski definition) is 2. The van der Waals surface area contributed by atoms with Crippen LogP contribution in [0.2, 0.25) is 0 Å². The van der Waals surface area contributed by atoms with E-state index in [0.717, 1.165) is 0 Å². The van der Waals surface area contributed by atoms with Crippen molar-refractivity contribution >= 4 is 17.2 Å². The van der Waals surface area contributed by atoms with Crippen LogP contribution in [0.1, 0.15) is 21.0 Å². The average molecular weight is 261 g/mol. The second kappa shape index (κ2) is 6.05. The zero-order valence-corrected chi connectivity index (χ0v) is 10.3. The smallest absolute Gasteiger partial charge is 0.263 e. The predicted molar refractivity (Wildman–Crippen MR) is 68.2 cm³/mol. The van der Waals surface area contributed by atoms with Crippen molar-refractivity contribution in [1.29, 1.82) is 0 Å². The molecule has 2 heterocycles. The van der Waals surface area contributed by atoms with E-state index in [1.165, 1.54) is 11.3 Å². The molecule has 2 aromatic rings. The van der Waals surface area contributed by atoms with Gasteiger partial charge in [-0.25, -0.2) is 0 Å². The van der Waals surface area contributed by atoms with Crippen LogP contribution < -0.4 is 5.32 Å². The van der Waals surface area contributed by atoms with E-state index < -0.39 is 0 Å². The lowest BCUT2D eigenvalue weighted by Crippen LogP contribution is -2.22. The van der Waals surface area contributed by atoms with Crippen LogP contribution in [-0.4, -0.2) is 17.6 Å². The molecule has 0 spiro atoms. The Balaban J connectivity index is 2.02. The zero-order valence-electron chi connectivity index (χ0n) is 9.47. The Hall–Kier alpha value is -2.03. The van der Waals surface area contributed by atoms with E-state index in [-0.39, 0.29) is 12.5 Å². The van der Waals surface area contributed by atoms with Gasteiger partial charge in [0.2, 0.25) is 0 Å². The third kappa shape index (κ3) is 3.00. The first kappa shape index (κ1) is 12.4. The molecule has 0 aliphatic rings. The highest BCUT2D eigenvalue weighted by molar-refractivity contribution is 7.12. The van der Waals surface area contributed by atoms with E-state index in [0.29, 0.717) is 22.7 Å². The van der Waals surface area contributed by atoms with Gasteiger partial charge in [-0.1, -0.05) is 11.8 Å². The molecule has 18 heavy (non-hydrogen) atoms. The van der Waals surface area contributed by atoms with E-state index in [1.54, 1.807) is 29.8 Å². The lowest BCUT2D eigenvalue weighted by molar-refractivity contribution is 0.0952. The van der Waals surface area contributed by atoms with Gasteiger partial charge in [-0.05, 0) is 23.6 Å². The van der Waals surface area contributed by atoms with Gasteiger partial charge in [-0.15, -0.1) is 11.3 Å². The van der Waals surface area contributed by atoms with E-state index in [2.05, 4.69) is 17.2 Å². The van der Waals surface area contributed by atoms with Gasteiger partial charge in [0.25, 0.3) is 5.91 Å². The summed E-state index contributed by atoms with van der Waals surface area (Å²) in [7, 11) is 0. The lowest BCUT2D eigenvalue weighted by atomic mass is 10.2. The molecular formula is C13H11NO3S. The van der Waals surface area contributed by atoms with Gasteiger partial charge in [0, 0.05) is 5.56 Å². The fourth-order valence-corrected chi connectivity index (χ4v) is 2.14. The third-order valence-electron chi connectivity index (χ3n) is 2.18. The first-order valence-corrected chi connectivity index (χ1v) is 6.17. The Kier molecular flexibility index (Phi) is 4.18. The van der Waals surface area contributed by atoms with Crippen molar-refractivity contribution in [2.75, 3.05) is 6.61 Å². The predicted octanol–water partition coefficient (Wildman–Crippen LogP) is 1.61. The summed E-state index contributed by atoms with van der Waals surface area (Å²) in [6, 6.07) is 5.32. The molecule has 2 rings (SSSR count). The average Bonchev–Trinajstić information content (AvgIpc) is 3.04. The minimum absolute atomic E-state index is 0.191. The Morgan fingerprint density at radius 2 is 2.39 bits per heavy atom. The van der Waals surface area contributed by atoms with Crippen molar-refractivity contribution in [2.24, 2.45) is 0 Å². The highest BCUT2D eigenvalue weighted by atomic mass is 32.1. The lowest BCUT2D eigenvalue weighted by Gasteiger charge is -2.01. The van der Waals surface area contributed by atoms with Gasteiger partial charge < -0.3 is 14.8 Å². The largest absolute Gasteiger partial charge is 0.467 e. The van der Waals surface area contributed by atoms with Crippen LogP contribution >= 0.6 is 11.3 Å². The molecule has 0 atom stereocenters. The topological polar surface area (TPSA) is 62.5 Å². The van der Waals surface area contributed by atoms with Crippen molar-refractivity contribution in [3.05, 3.63) is 46.0 Å². The molecule has 0 unspecified atom stereocenters. The standard InChI is InChI=1S/C13H11NO3S/c15-6-1-3-10-5-8-18-12(10)13(16)14-9-11-4-2-7-17-11/h2,4-5,7-8,15H,6,9H2,(H,14,16). The van der Waals surface area contributed by atoms with Gasteiger partial charge >= 0.3 is 0 Å². The maximum Gasteiger partial charge on any atom is 0.263 e. The minimum Gasteiger partial charge on any atom is -0.467 e. The fraction of sp³-hybridized carbons (Fsp3) is 0.154. The molecular weight excluding hydrogens is 250 g/mol. The van der Waals surface area contributed by atoms with Gasteiger partial charge in [0.1, 0.15) is 17.2 Å². The van der Waals surface area contributed by atoms with Crippen LogP contribution in [0.4, 0.5) is 0 Å². The molecule has 0 saturated heterocycles. The first-order chi connectivity index (χ1) is 8.81. The van der Waals surface area contributed by atoms with Crippen molar-refractivity contribution in [3.63, 3.8) is 0 Å². The summed E-state index contributed by atoms with van der Waals surface area (Å²) < 4.78 is 5.12. The summed E-state index contributed by atoms with van der Waals surface area (Å²) in [6.07, 6.45) is 1.56. The van der Waals surface area contributed by atoms with Gasteiger partial charge in [-0.2, -0.15) is 0 Å². The molecule has 2 aromatic heterocycles. The summed E-state index contributed by atoms with van der Waals surface area (Å²) in [5, 5.41) is 13.2. The van der Waals surface area contributed by atoms with Gasteiger partial charge in [0.15, 0.2) is 0 Å². The number of amides is 1. The van der Waals surface area contributed by atoms with Crippen LogP contribution in [-0.2, 0) is 6.54 Å². The van der Waals surface area contributed by atoms with Crippen molar-refractivity contribution < 1.29 is 14.3 Å². The Morgan fingerprint density at radius 1 is 1.50 bits per heavy atom. The number of rotatable bonds is 3. The van der Waals surface area contributed by atoms with Gasteiger partial charge in [-0.3, -0.25) is 4.79 Å². The first-order valence-electron chi connectivity index (χ1n) is 5.29. The number of aliphatic hydroxyl groups excluding tert-OH is 1. The normalized spacial score (nSPS) is 9.61. The molecule has 0 radical (unpaired) electrons. The quantitative estimate of drug-likeness (QED) is 0.825. The summed E-state index contributed by atoms with van der Waals surface area (Å²) in [6.45, 7) is 0.125. The number of furan rings is 1. The van der Waals surface area contributed by atoms with Crippen LogP contribution in [0, 0.1) is 11.8 Å². The molecule has 0 aromatic carbocycles. The second-order valence-electron chi connectivity index (χ2n) is 3.39. The summed E-state index contributed by atoms with van der Waals surface area (Å²) in [5.41, 5.74) is 0.631.